The Bertz CT molecular complexity index is 385. The van der Waals surface area contributed by atoms with Crippen LogP contribution in [0.1, 0.15) is 42.7 Å². The minimum atomic E-state index is -0.00259. The van der Waals surface area contributed by atoms with Gasteiger partial charge in [-0.1, -0.05) is 13.8 Å². The van der Waals surface area contributed by atoms with Gasteiger partial charge in [0.05, 0.1) is 11.8 Å². The van der Waals surface area contributed by atoms with Crippen LogP contribution >= 0.6 is 0 Å². The highest BCUT2D eigenvalue weighted by Gasteiger charge is 2.31. The van der Waals surface area contributed by atoms with Gasteiger partial charge in [-0.05, 0) is 31.6 Å². The number of aromatic nitrogens is 2. The van der Waals surface area contributed by atoms with Gasteiger partial charge in [-0.2, -0.15) is 5.10 Å². The van der Waals surface area contributed by atoms with Gasteiger partial charge in [0.25, 0.3) is 5.91 Å². The van der Waals surface area contributed by atoms with Gasteiger partial charge in [0.15, 0.2) is 0 Å². The maximum Gasteiger partial charge on any atom is 0.254 e. The Morgan fingerprint density at radius 3 is 2.75 bits per heavy atom. The maximum absolute atomic E-state index is 12.0. The van der Waals surface area contributed by atoms with Crippen LogP contribution in [0, 0.1) is 18.8 Å². The van der Waals surface area contributed by atoms with Crippen molar-refractivity contribution in [2.45, 2.75) is 39.7 Å². The molecule has 1 fully saturated rings. The van der Waals surface area contributed by atoms with E-state index >= 15 is 0 Å². The zero-order valence-corrected chi connectivity index (χ0v) is 10.1. The fraction of sp³-hybridized carbons (Fsp3) is 0.667. The molecule has 2 N–H and O–H groups in total. The fourth-order valence-electron chi connectivity index (χ4n) is 2.39. The summed E-state index contributed by atoms with van der Waals surface area (Å²) in [7, 11) is 0. The first-order valence-electron chi connectivity index (χ1n) is 5.90. The summed E-state index contributed by atoms with van der Waals surface area (Å²) in [5, 5.41) is 9.75. The summed E-state index contributed by atoms with van der Waals surface area (Å²) in [5.41, 5.74) is 1.49. The minimum Gasteiger partial charge on any atom is -0.349 e. The van der Waals surface area contributed by atoms with Crippen LogP contribution in [0.2, 0.25) is 0 Å². The quantitative estimate of drug-likeness (QED) is 0.801. The first-order valence-corrected chi connectivity index (χ1v) is 5.90. The highest BCUT2D eigenvalue weighted by Crippen LogP contribution is 2.31. The third-order valence-electron chi connectivity index (χ3n) is 3.86. The van der Waals surface area contributed by atoms with Crippen LogP contribution < -0.4 is 5.32 Å². The Morgan fingerprint density at radius 1 is 1.50 bits per heavy atom. The Hall–Kier alpha value is -1.32. The number of hydrogen-bond donors (Lipinski definition) is 2. The molecule has 0 bridgehead atoms. The first kappa shape index (κ1) is 11.2. The Morgan fingerprint density at radius 2 is 2.25 bits per heavy atom. The first-order chi connectivity index (χ1) is 7.59. The van der Waals surface area contributed by atoms with Crippen molar-refractivity contribution in [2.24, 2.45) is 11.8 Å². The molecule has 4 heteroatoms. The van der Waals surface area contributed by atoms with Crippen LogP contribution in [0.25, 0.3) is 0 Å². The standard InChI is InChI=1S/C12H19N3O/c1-7-4-5-11(8(7)2)14-12(16)10-6-13-15-9(10)3/h6-8,11H,4-5H2,1-3H3,(H,13,15)(H,14,16). The number of nitrogens with one attached hydrogen (secondary N) is 2. The van der Waals surface area contributed by atoms with E-state index < -0.39 is 0 Å². The molecule has 2 rings (SSSR count). The van der Waals surface area contributed by atoms with E-state index in [4.69, 9.17) is 0 Å². The number of amides is 1. The molecule has 1 aromatic heterocycles. The zero-order chi connectivity index (χ0) is 11.7. The second-order valence-electron chi connectivity index (χ2n) is 4.90. The monoisotopic (exact) mass is 221 g/mol. The van der Waals surface area contributed by atoms with Crippen LogP contribution in [0.5, 0.6) is 0 Å². The van der Waals surface area contributed by atoms with Crippen LogP contribution in [0.4, 0.5) is 0 Å². The van der Waals surface area contributed by atoms with Gasteiger partial charge in [-0.15, -0.1) is 0 Å². The molecule has 0 radical (unpaired) electrons. The molecule has 0 saturated heterocycles. The van der Waals surface area contributed by atoms with Gasteiger partial charge < -0.3 is 5.32 Å². The Balaban J connectivity index is 2.01. The molecule has 0 aliphatic heterocycles. The van der Waals surface area contributed by atoms with Crippen molar-refractivity contribution in [1.29, 1.82) is 0 Å². The molecule has 1 aliphatic carbocycles. The third-order valence-corrected chi connectivity index (χ3v) is 3.86. The lowest BCUT2D eigenvalue weighted by Gasteiger charge is -2.19. The average molecular weight is 221 g/mol. The van der Waals surface area contributed by atoms with Crippen molar-refractivity contribution in [1.82, 2.24) is 15.5 Å². The van der Waals surface area contributed by atoms with Crippen molar-refractivity contribution >= 4 is 5.91 Å². The lowest BCUT2D eigenvalue weighted by atomic mass is 9.97. The molecule has 88 valence electrons. The summed E-state index contributed by atoms with van der Waals surface area (Å²) in [6, 6.07) is 0.316. The molecule has 1 amide bonds. The molecule has 1 heterocycles. The highest BCUT2D eigenvalue weighted by molar-refractivity contribution is 5.95. The molecular weight excluding hydrogens is 202 g/mol. The smallest absolute Gasteiger partial charge is 0.254 e. The number of aryl methyl sites for hydroxylation is 1. The van der Waals surface area contributed by atoms with E-state index in [1.165, 1.54) is 6.42 Å². The molecule has 3 atom stereocenters. The van der Waals surface area contributed by atoms with Crippen molar-refractivity contribution < 1.29 is 4.79 Å². The van der Waals surface area contributed by atoms with Gasteiger partial charge in [0.2, 0.25) is 0 Å². The summed E-state index contributed by atoms with van der Waals surface area (Å²) in [6.07, 6.45) is 3.88. The largest absolute Gasteiger partial charge is 0.349 e. The predicted molar refractivity (Wildman–Crippen MR) is 62.1 cm³/mol. The topological polar surface area (TPSA) is 57.8 Å². The molecular formula is C12H19N3O. The maximum atomic E-state index is 12.0. The average Bonchev–Trinajstić information content (AvgIpc) is 2.79. The number of carbonyl (C=O) groups is 1. The predicted octanol–water partition coefficient (Wildman–Crippen LogP) is 1.88. The van der Waals surface area contributed by atoms with E-state index in [1.807, 2.05) is 6.92 Å². The summed E-state index contributed by atoms with van der Waals surface area (Å²) >= 11 is 0. The van der Waals surface area contributed by atoms with Gasteiger partial charge in [-0.25, -0.2) is 0 Å². The molecule has 0 spiro atoms. The minimum absolute atomic E-state index is 0.00259. The number of H-pyrrole nitrogens is 1. The molecule has 1 aromatic rings. The number of aromatic amines is 1. The number of nitrogens with zero attached hydrogens (tertiary/aromatic N) is 1. The second-order valence-corrected chi connectivity index (χ2v) is 4.90. The lowest BCUT2D eigenvalue weighted by molar-refractivity contribution is 0.0927. The molecule has 3 unspecified atom stereocenters. The summed E-state index contributed by atoms with van der Waals surface area (Å²) in [4.78, 5) is 12.0. The van der Waals surface area contributed by atoms with Crippen molar-refractivity contribution in [3.63, 3.8) is 0 Å². The SMILES string of the molecule is Cc1[nH]ncc1C(=O)NC1CCC(C)C1C. The highest BCUT2D eigenvalue weighted by atomic mass is 16.1. The van der Waals surface area contributed by atoms with Gasteiger partial charge in [-0.3, -0.25) is 9.89 Å². The van der Waals surface area contributed by atoms with Gasteiger partial charge in [0.1, 0.15) is 0 Å². The summed E-state index contributed by atoms with van der Waals surface area (Å²) in [5.74, 6) is 1.27. The Labute approximate surface area is 95.8 Å². The van der Waals surface area contributed by atoms with Crippen molar-refractivity contribution in [2.75, 3.05) is 0 Å². The fourth-order valence-corrected chi connectivity index (χ4v) is 2.39. The molecule has 1 saturated carbocycles. The van der Waals surface area contributed by atoms with E-state index in [2.05, 4.69) is 29.4 Å². The lowest BCUT2D eigenvalue weighted by Crippen LogP contribution is -2.37. The normalized spacial score (nSPS) is 29.3. The van der Waals surface area contributed by atoms with Crippen molar-refractivity contribution in [3.8, 4) is 0 Å². The molecule has 16 heavy (non-hydrogen) atoms. The van der Waals surface area contributed by atoms with E-state index in [0.29, 0.717) is 23.4 Å². The van der Waals surface area contributed by atoms with Crippen LogP contribution in [-0.4, -0.2) is 22.1 Å². The summed E-state index contributed by atoms with van der Waals surface area (Å²) < 4.78 is 0. The van der Waals surface area contributed by atoms with Crippen LogP contribution in [0.15, 0.2) is 6.20 Å². The van der Waals surface area contributed by atoms with Gasteiger partial charge in [0, 0.05) is 11.7 Å². The number of hydrogen-bond acceptors (Lipinski definition) is 2. The second kappa shape index (κ2) is 4.28. The van der Waals surface area contributed by atoms with Crippen molar-refractivity contribution in [3.05, 3.63) is 17.5 Å². The summed E-state index contributed by atoms with van der Waals surface area (Å²) in [6.45, 7) is 6.33. The van der Waals surface area contributed by atoms with E-state index in [0.717, 1.165) is 12.1 Å². The van der Waals surface area contributed by atoms with E-state index in [-0.39, 0.29) is 5.91 Å². The molecule has 1 aliphatic rings. The molecule has 0 aromatic carbocycles. The number of rotatable bonds is 2. The van der Waals surface area contributed by atoms with Crippen LogP contribution in [-0.2, 0) is 0 Å². The Kier molecular flexibility index (Phi) is 2.99. The number of carbonyl (C=O) groups excluding carboxylic acids is 1. The zero-order valence-electron chi connectivity index (χ0n) is 10.1. The van der Waals surface area contributed by atoms with Crippen LogP contribution in [0.3, 0.4) is 0 Å². The van der Waals surface area contributed by atoms with E-state index in [9.17, 15) is 4.79 Å². The molecule has 4 nitrogen and oxygen atoms in total. The third kappa shape index (κ3) is 1.96. The van der Waals surface area contributed by atoms with E-state index in [1.54, 1.807) is 6.20 Å². The van der Waals surface area contributed by atoms with Gasteiger partial charge >= 0.3 is 0 Å².